The summed E-state index contributed by atoms with van der Waals surface area (Å²) in [6.45, 7) is 11.0. The number of nitrogens with zero attached hydrogens (tertiary/aromatic N) is 5. The molecule has 1 aromatic heterocycles. The average molecular weight is 424 g/mol. The summed E-state index contributed by atoms with van der Waals surface area (Å²) < 4.78 is 26.5. The number of aromatic nitrogens is 2. The summed E-state index contributed by atoms with van der Waals surface area (Å²) in [5.41, 5.74) is 0.944. The summed E-state index contributed by atoms with van der Waals surface area (Å²) >= 11 is 0. The summed E-state index contributed by atoms with van der Waals surface area (Å²) in [5.74, 6) is 2.05. The first kappa shape index (κ1) is 22.0. The number of carbonyl (C=O) groups excluding carboxylic acids is 1. The lowest BCUT2D eigenvalue weighted by Crippen LogP contribution is -2.54. The van der Waals surface area contributed by atoms with Gasteiger partial charge in [-0.05, 0) is 26.2 Å². The molecule has 0 spiro atoms. The van der Waals surface area contributed by atoms with Crippen molar-refractivity contribution >= 4 is 21.7 Å². The van der Waals surface area contributed by atoms with Crippen LogP contribution in [-0.2, 0) is 14.8 Å². The van der Waals surface area contributed by atoms with Gasteiger partial charge >= 0.3 is 0 Å². The largest absolute Gasteiger partial charge is 0.353 e. The summed E-state index contributed by atoms with van der Waals surface area (Å²) in [4.78, 5) is 26.3. The zero-order valence-electron chi connectivity index (χ0n) is 18.0. The highest BCUT2D eigenvalue weighted by molar-refractivity contribution is 7.89. The van der Waals surface area contributed by atoms with E-state index in [1.54, 1.807) is 0 Å². The van der Waals surface area contributed by atoms with Crippen LogP contribution in [0.5, 0.6) is 0 Å². The fourth-order valence-electron chi connectivity index (χ4n) is 4.06. The average Bonchev–Trinajstić information content (AvgIpc) is 3.18. The Morgan fingerprint density at radius 1 is 1.17 bits per heavy atom. The van der Waals surface area contributed by atoms with Gasteiger partial charge in [0, 0.05) is 50.4 Å². The Hall–Kier alpha value is -1.74. The quantitative estimate of drug-likeness (QED) is 0.693. The van der Waals surface area contributed by atoms with Gasteiger partial charge in [0.1, 0.15) is 17.7 Å². The molecule has 1 amide bonds. The molecule has 2 saturated heterocycles. The van der Waals surface area contributed by atoms with Crippen molar-refractivity contribution in [2.45, 2.75) is 58.9 Å². The topological polar surface area (TPSA) is 86.7 Å². The van der Waals surface area contributed by atoms with Gasteiger partial charge < -0.3 is 9.80 Å². The molecule has 3 heterocycles. The van der Waals surface area contributed by atoms with E-state index in [0.29, 0.717) is 45.6 Å². The maximum atomic E-state index is 13.1. The Labute approximate surface area is 174 Å². The van der Waals surface area contributed by atoms with E-state index >= 15 is 0 Å². The SMILES string of the molecule is CCCS(=O)(=O)N1CCCC1C(=O)N1CCN(c2cc(C)nc(C(C)C)n2)CC1. The number of amides is 1. The molecule has 0 radical (unpaired) electrons. The molecule has 2 aliphatic heterocycles. The van der Waals surface area contributed by atoms with Crippen molar-refractivity contribution in [1.82, 2.24) is 19.2 Å². The summed E-state index contributed by atoms with van der Waals surface area (Å²) in [6, 6.07) is 1.45. The van der Waals surface area contributed by atoms with Crippen molar-refractivity contribution in [2.24, 2.45) is 0 Å². The highest BCUT2D eigenvalue weighted by Crippen LogP contribution is 2.25. The smallest absolute Gasteiger partial charge is 0.241 e. The predicted molar refractivity (Wildman–Crippen MR) is 113 cm³/mol. The number of rotatable bonds is 6. The van der Waals surface area contributed by atoms with Gasteiger partial charge in [-0.1, -0.05) is 20.8 Å². The summed E-state index contributed by atoms with van der Waals surface area (Å²) in [7, 11) is -3.36. The molecule has 8 nitrogen and oxygen atoms in total. The molecule has 29 heavy (non-hydrogen) atoms. The Bertz CT molecular complexity index is 835. The van der Waals surface area contributed by atoms with E-state index < -0.39 is 16.1 Å². The molecule has 1 unspecified atom stereocenters. The van der Waals surface area contributed by atoms with Crippen LogP contribution in [-0.4, -0.2) is 78.0 Å². The minimum atomic E-state index is -3.36. The van der Waals surface area contributed by atoms with Crippen LogP contribution in [0.4, 0.5) is 5.82 Å². The van der Waals surface area contributed by atoms with Crippen LogP contribution in [0.2, 0.25) is 0 Å². The molecule has 3 rings (SSSR count). The molecule has 2 aliphatic rings. The van der Waals surface area contributed by atoms with E-state index in [0.717, 1.165) is 23.8 Å². The Morgan fingerprint density at radius 2 is 1.86 bits per heavy atom. The number of sulfonamides is 1. The van der Waals surface area contributed by atoms with E-state index in [1.165, 1.54) is 4.31 Å². The van der Waals surface area contributed by atoms with Crippen molar-refractivity contribution < 1.29 is 13.2 Å². The Balaban J connectivity index is 1.65. The molecule has 162 valence electrons. The first-order valence-electron chi connectivity index (χ1n) is 10.6. The number of carbonyl (C=O) groups is 1. The fraction of sp³-hybridized carbons (Fsp3) is 0.750. The highest BCUT2D eigenvalue weighted by atomic mass is 32.2. The fourth-order valence-corrected chi connectivity index (χ4v) is 5.80. The van der Waals surface area contributed by atoms with Crippen LogP contribution in [0.3, 0.4) is 0 Å². The van der Waals surface area contributed by atoms with Crippen LogP contribution in [0.25, 0.3) is 0 Å². The van der Waals surface area contributed by atoms with Crippen molar-refractivity contribution in [3.05, 3.63) is 17.6 Å². The molecule has 0 aromatic carbocycles. The van der Waals surface area contributed by atoms with Crippen LogP contribution < -0.4 is 4.90 Å². The minimum absolute atomic E-state index is 0.0523. The molecule has 0 bridgehead atoms. The Kier molecular flexibility index (Phi) is 6.78. The van der Waals surface area contributed by atoms with Gasteiger partial charge in [0.05, 0.1) is 5.75 Å². The third kappa shape index (κ3) is 4.88. The lowest BCUT2D eigenvalue weighted by Gasteiger charge is -2.37. The van der Waals surface area contributed by atoms with Gasteiger partial charge in [-0.3, -0.25) is 4.79 Å². The van der Waals surface area contributed by atoms with Crippen molar-refractivity contribution in [2.75, 3.05) is 43.4 Å². The first-order chi connectivity index (χ1) is 13.7. The third-order valence-electron chi connectivity index (χ3n) is 5.60. The maximum absolute atomic E-state index is 13.1. The zero-order chi connectivity index (χ0) is 21.2. The number of hydrogen-bond acceptors (Lipinski definition) is 6. The second kappa shape index (κ2) is 8.95. The van der Waals surface area contributed by atoms with Gasteiger partial charge in [0.25, 0.3) is 0 Å². The van der Waals surface area contributed by atoms with E-state index in [1.807, 2.05) is 24.8 Å². The molecular weight excluding hydrogens is 390 g/mol. The Morgan fingerprint density at radius 3 is 2.48 bits per heavy atom. The molecule has 0 N–H and O–H groups in total. The standard InChI is InChI=1S/C20H33N5O3S/c1-5-13-29(27,28)25-8-6-7-17(25)20(26)24-11-9-23(10-12-24)18-14-16(4)21-19(22-18)15(2)3/h14-15,17H,5-13H2,1-4H3. The van der Waals surface area contributed by atoms with Gasteiger partial charge in [-0.25, -0.2) is 18.4 Å². The van der Waals surface area contributed by atoms with E-state index in [9.17, 15) is 13.2 Å². The van der Waals surface area contributed by atoms with Crippen molar-refractivity contribution in [1.29, 1.82) is 0 Å². The molecule has 9 heteroatoms. The lowest BCUT2D eigenvalue weighted by molar-refractivity contribution is -0.134. The number of hydrogen-bond donors (Lipinski definition) is 0. The van der Waals surface area contributed by atoms with Crippen molar-refractivity contribution in [3.8, 4) is 0 Å². The van der Waals surface area contributed by atoms with E-state index in [-0.39, 0.29) is 17.6 Å². The van der Waals surface area contributed by atoms with Crippen molar-refractivity contribution in [3.63, 3.8) is 0 Å². The normalized spacial score (nSPS) is 21.2. The number of aryl methyl sites for hydroxylation is 1. The first-order valence-corrected chi connectivity index (χ1v) is 12.2. The molecule has 1 atom stereocenters. The van der Waals surface area contributed by atoms with E-state index in [2.05, 4.69) is 23.7 Å². The lowest BCUT2D eigenvalue weighted by atomic mass is 10.2. The van der Waals surface area contributed by atoms with Gasteiger partial charge in [-0.2, -0.15) is 4.31 Å². The minimum Gasteiger partial charge on any atom is -0.353 e. The van der Waals surface area contributed by atoms with E-state index in [4.69, 9.17) is 4.98 Å². The highest BCUT2D eigenvalue weighted by Gasteiger charge is 2.40. The summed E-state index contributed by atoms with van der Waals surface area (Å²) in [5, 5.41) is 0. The van der Waals surface area contributed by atoms with Crippen LogP contribution in [0.1, 0.15) is 57.5 Å². The summed E-state index contributed by atoms with van der Waals surface area (Å²) in [6.07, 6.45) is 1.93. The van der Waals surface area contributed by atoms with Gasteiger partial charge in [0.15, 0.2) is 0 Å². The monoisotopic (exact) mass is 423 g/mol. The molecule has 1 aromatic rings. The number of anilines is 1. The second-order valence-electron chi connectivity index (χ2n) is 8.28. The number of piperazine rings is 1. The van der Waals surface area contributed by atoms with Crippen LogP contribution >= 0.6 is 0 Å². The second-order valence-corrected chi connectivity index (χ2v) is 10.3. The molecule has 2 fully saturated rings. The molecular formula is C20H33N5O3S. The predicted octanol–water partition coefficient (Wildman–Crippen LogP) is 1.76. The van der Waals surface area contributed by atoms with Crippen LogP contribution in [0.15, 0.2) is 6.07 Å². The van der Waals surface area contributed by atoms with Crippen LogP contribution in [0, 0.1) is 6.92 Å². The van der Waals surface area contributed by atoms with Gasteiger partial charge in [-0.15, -0.1) is 0 Å². The third-order valence-corrected chi connectivity index (χ3v) is 7.67. The molecule has 0 saturated carbocycles. The van der Waals surface area contributed by atoms with Gasteiger partial charge in [0.2, 0.25) is 15.9 Å². The molecule has 0 aliphatic carbocycles. The zero-order valence-corrected chi connectivity index (χ0v) is 18.8. The maximum Gasteiger partial charge on any atom is 0.241 e.